The monoisotopic (exact) mass is 223 g/mol. The lowest BCUT2D eigenvalue weighted by atomic mass is 10.5. The van der Waals surface area contributed by atoms with Crippen LogP contribution in [0.4, 0.5) is 18.9 Å². The van der Waals surface area contributed by atoms with Crippen LogP contribution in [-0.2, 0) is 6.54 Å². The van der Waals surface area contributed by atoms with Gasteiger partial charge in [-0.1, -0.05) is 0 Å². The zero-order valence-corrected chi connectivity index (χ0v) is 8.38. The summed E-state index contributed by atoms with van der Waals surface area (Å²) in [7, 11) is 0. The highest BCUT2D eigenvalue weighted by Gasteiger charge is 2.29. The van der Waals surface area contributed by atoms with Gasteiger partial charge in [-0.15, -0.1) is 5.10 Å². The van der Waals surface area contributed by atoms with Crippen LogP contribution < -0.4 is 10.5 Å². The minimum absolute atomic E-state index is 0.0363. The predicted molar refractivity (Wildman–Crippen MR) is 48.5 cm³/mol. The summed E-state index contributed by atoms with van der Waals surface area (Å²) < 4.78 is 41.8. The fourth-order valence-corrected chi connectivity index (χ4v) is 0.999. The Morgan fingerprint density at radius 3 is 2.60 bits per heavy atom. The third-order valence-electron chi connectivity index (χ3n) is 1.44. The van der Waals surface area contributed by atoms with Gasteiger partial charge in [0, 0.05) is 0 Å². The van der Waals surface area contributed by atoms with Crippen molar-refractivity contribution in [3.05, 3.63) is 6.20 Å². The number of alkyl halides is 3. The van der Waals surface area contributed by atoms with E-state index in [2.05, 4.69) is 5.10 Å². The second kappa shape index (κ2) is 4.00. The molecular weight excluding hydrogens is 211 g/mol. The number of halogens is 3. The van der Waals surface area contributed by atoms with Crippen LogP contribution in [0.1, 0.15) is 13.8 Å². The van der Waals surface area contributed by atoms with Crippen LogP contribution in [0.25, 0.3) is 0 Å². The number of anilines is 1. The zero-order chi connectivity index (χ0) is 11.6. The number of hydrogen-bond acceptors (Lipinski definition) is 3. The Hall–Kier alpha value is -1.40. The number of nitrogen functional groups attached to an aromatic ring is 1. The average Bonchev–Trinajstić information content (AvgIpc) is 2.26. The first-order valence-electron chi connectivity index (χ1n) is 4.34. The highest BCUT2D eigenvalue weighted by molar-refractivity contribution is 5.45. The number of ether oxygens (including phenoxy) is 1. The molecule has 15 heavy (non-hydrogen) atoms. The van der Waals surface area contributed by atoms with Crippen LogP contribution in [-0.4, -0.2) is 22.1 Å². The molecule has 0 spiro atoms. The maximum atomic E-state index is 12.0. The molecule has 0 saturated heterocycles. The summed E-state index contributed by atoms with van der Waals surface area (Å²) in [6.45, 7) is 2.31. The Balaban J connectivity index is 2.77. The molecule has 0 radical (unpaired) electrons. The SMILES string of the molecule is CC(C)Oc1nn(CC(F)(F)F)cc1N. The summed E-state index contributed by atoms with van der Waals surface area (Å²) in [5.41, 5.74) is 5.54. The molecule has 1 rings (SSSR count). The lowest BCUT2D eigenvalue weighted by Crippen LogP contribution is -2.18. The van der Waals surface area contributed by atoms with Gasteiger partial charge in [-0.25, -0.2) is 0 Å². The molecule has 1 aromatic heterocycles. The summed E-state index contributed by atoms with van der Waals surface area (Å²) in [5, 5.41) is 3.58. The van der Waals surface area contributed by atoms with Crippen molar-refractivity contribution in [3.63, 3.8) is 0 Å². The van der Waals surface area contributed by atoms with Gasteiger partial charge in [-0.2, -0.15) is 13.2 Å². The fourth-order valence-electron chi connectivity index (χ4n) is 0.999. The highest BCUT2D eigenvalue weighted by atomic mass is 19.4. The first-order chi connectivity index (χ1) is 6.78. The van der Waals surface area contributed by atoms with Gasteiger partial charge < -0.3 is 10.5 Å². The molecule has 0 amide bonds. The Morgan fingerprint density at radius 2 is 2.13 bits per heavy atom. The van der Waals surface area contributed by atoms with Gasteiger partial charge in [0.25, 0.3) is 5.88 Å². The van der Waals surface area contributed by atoms with Crippen molar-refractivity contribution >= 4 is 5.69 Å². The van der Waals surface area contributed by atoms with E-state index in [1.807, 2.05) is 0 Å². The minimum atomic E-state index is -4.31. The molecule has 7 heteroatoms. The Morgan fingerprint density at radius 1 is 1.53 bits per heavy atom. The topological polar surface area (TPSA) is 53.1 Å². The number of nitrogens with zero attached hydrogens (tertiary/aromatic N) is 2. The second-order valence-electron chi connectivity index (χ2n) is 3.37. The van der Waals surface area contributed by atoms with Crippen LogP contribution in [0.2, 0.25) is 0 Å². The Kier molecular flexibility index (Phi) is 3.11. The lowest BCUT2D eigenvalue weighted by Gasteiger charge is -2.07. The van der Waals surface area contributed by atoms with E-state index in [4.69, 9.17) is 10.5 Å². The Bertz CT molecular complexity index is 332. The van der Waals surface area contributed by atoms with Gasteiger partial charge in [0.1, 0.15) is 12.2 Å². The van der Waals surface area contributed by atoms with E-state index in [0.29, 0.717) is 4.68 Å². The van der Waals surface area contributed by atoms with Gasteiger partial charge in [-0.05, 0) is 13.8 Å². The summed E-state index contributed by atoms with van der Waals surface area (Å²) in [6, 6.07) is 0. The first kappa shape index (κ1) is 11.7. The zero-order valence-electron chi connectivity index (χ0n) is 8.38. The van der Waals surface area contributed by atoms with Crippen LogP contribution in [0.5, 0.6) is 5.88 Å². The molecule has 86 valence electrons. The summed E-state index contributed by atoms with van der Waals surface area (Å²) in [4.78, 5) is 0. The molecule has 0 aliphatic heterocycles. The van der Waals surface area contributed by atoms with Crippen LogP contribution in [0, 0.1) is 0 Å². The van der Waals surface area contributed by atoms with Crippen molar-refractivity contribution in [1.82, 2.24) is 9.78 Å². The van der Waals surface area contributed by atoms with E-state index in [-0.39, 0.29) is 17.7 Å². The molecule has 0 saturated carbocycles. The van der Waals surface area contributed by atoms with Crippen molar-refractivity contribution in [2.24, 2.45) is 0 Å². The van der Waals surface area contributed by atoms with E-state index in [9.17, 15) is 13.2 Å². The average molecular weight is 223 g/mol. The maximum Gasteiger partial charge on any atom is 0.408 e. The van der Waals surface area contributed by atoms with Gasteiger partial charge in [-0.3, -0.25) is 4.68 Å². The molecule has 2 N–H and O–H groups in total. The molecule has 0 fully saturated rings. The number of hydrogen-bond donors (Lipinski definition) is 1. The van der Waals surface area contributed by atoms with Crippen molar-refractivity contribution < 1.29 is 17.9 Å². The second-order valence-corrected chi connectivity index (χ2v) is 3.37. The van der Waals surface area contributed by atoms with Gasteiger partial charge in [0.05, 0.1) is 12.3 Å². The van der Waals surface area contributed by atoms with Crippen LogP contribution in [0.15, 0.2) is 6.20 Å². The van der Waals surface area contributed by atoms with Gasteiger partial charge >= 0.3 is 6.18 Å². The highest BCUT2D eigenvalue weighted by Crippen LogP contribution is 2.23. The largest absolute Gasteiger partial charge is 0.472 e. The third kappa shape index (κ3) is 3.69. The van der Waals surface area contributed by atoms with Crippen molar-refractivity contribution in [2.75, 3.05) is 5.73 Å². The van der Waals surface area contributed by atoms with Crippen molar-refractivity contribution in [2.45, 2.75) is 32.7 Å². The maximum absolute atomic E-state index is 12.0. The molecule has 0 atom stereocenters. The van der Waals surface area contributed by atoms with Crippen molar-refractivity contribution in [3.8, 4) is 5.88 Å². The van der Waals surface area contributed by atoms with E-state index in [1.165, 1.54) is 0 Å². The Labute approximate surface area is 84.8 Å². The number of rotatable bonds is 3. The molecule has 0 aromatic carbocycles. The molecule has 1 aromatic rings. The van der Waals surface area contributed by atoms with Crippen LogP contribution >= 0.6 is 0 Å². The van der Waals surface area contributed by atoms with E-state index in [0.717, 1.165) is 6.20 Å². The van der Waals surface area contributed by atoms with Crippen LogP contribution in [0.3, 0.4) is 0 Å². The quantitative estimate of drug-likeness (QED) is 0.850. The lowest BCUT2D eigenvalue weighted by molar-refractivity contribution is -0.142. The molecule has 4 nitrogen and oxygen atoms in total. The smallest absolute Gasteiger partial charge is 0.408 e. The molecule has 0 unspecified atom stereocenters. The first-order valence-corrected chi connectivity index (χ1v) is 4.34. The van der Waals surface area contributed by atoms with Gasteiger partial charge in [0.2, 0.25) is 0 Å². The third-order valence-corrected chi connectivity index (χ3v) is 1.44. The molecule has 0 aliphatic rings. The van der Waals surface area contributed by atoms with Crippen molar-refractivity contribution in [1.29, 1.82) is 0 Å². The minimum Gasteiger partial charge on any atom is -0.472 e. The standard InChI is InChI=1S/C8H12F3N3O/c1-5(2)15-7-6(12)3-14(13-7)4-8(9,10)11/h3,5H,4,12H2,1-2H3. The molecular formula is C8H12F3N3O. The van der Waals surface area contributed by atoms with E-state index >= 15 is 0 Å². The summed E-state index contributed by atoms with van der Waals surface area (Å²) in [6.07, 6.45) is -3.39. The number of nitrogens with two attached hydrogens (primary N) is 1. The number of aromatic nitrogens is 2. The summed E-state index contributed by atoms with van der Waals surface area (Å²) in [5.74, 6) is 0.0363. The van der Waals surface area contributed by atoms with Gasteiger partial charge in [0.15, 0.2) is 0 Å². The summed E-state index contributed by atoms with van der Waals surface area (Å²) >= 11 is 0. The molecule has 0 aliphatic carbocycles. The molecule has 1 heterocycles. The van der Waals surface area contributed by atoms with E-state index in [1.54, 1.807) is 13.8 Å². The molecule has 0 bridgehead atoms. The normalized spacial score (nSPS) is 12.1. The predicted octanol–water partition coefficient (Wildman–Crippen LogP) is 1.81. The van der Waals surface area contributed by atoms with E-state index < -0.39 is 12.7 Å². The fraction of sp³-hybridized carbons (Fsp3) is 0.625.